The van der Waals surface area contributed by atoms with Crippen molar-refractivity contribution in [1.82, 2.24) is 4.90 Å². The van der Waals surface area contributed by atoms with Gasteiger partial charge in [-0.15, -0.1) is 0 Å². The number of fused-ring (bicyclic) bond motifs is 3. The minimum atomic E-state index is -0.201. The molecule has 2 aromatic rings. The van der Waals surface area contributed by atoms with Gasteiger partial charge in [-0.2, -0.15) is 0 Å². The highest BCUT2D eigenvalue weighted by Crippen LogP contribution is 2.35. The molecule has 3 heteroatoms. The molecule has 5 rings (SSSR count). The van der Waals surface area contributed by atoms with Gasteiger partial charge in [0.25, 0.3) is 0 Å². The van der Waals surface area contributed by atoms with Crippen molar-refractivity contribution < 1.29 is 9.84 Å². The van der Waals surface area contributed by atoms with Crippen molar-refractivity contribution in [2.24, 2.45) is 5.92 Å². The van der Waals surface area contributed by atoms with Crippen LogP contribution in [0.5, 0.6) is 5.75 Å². The molecule has 2 unspecified atom stereocenters. The Balaban J connectivity index is 1.46. The van der Waals surface area contributed by atoms with Crippen molar-refractivity contribution in [2.45, 2.75) is 44.9 Å². The summed E-state index contributed by atoms with van der Waals surface area (Å²) in [6.45, 7) is 4.92. The topological polar surface area (TPSA) is 32.7 Å². The van der Waals surface area contributed by atoms with Gasteiger partial charge >= 0.3 is 0 Å². The van der Waals surface area contributed by atoms with Crippen molar-refractivity contribution >= 4 is 0 Å². The smallest absolute Gasteiger partial charge is 0.123 e. The van der Waals surface area contributed by atoms with Crippen LogP contribution in [0.15, 0.2) is 48.5 Å². The molecule has 0 aliphatic carbocycles. The lowest BCUT2D eigenvalue weighted by molar-refractivity contribution is -0.0716. The van der Waals surface area contributed by atoms with Gasteiger partial charge in [-0.1, -0.05) is 48.0 Å². The summed E-state index contributed by atoms with van der Waals surface area (Å²) in [5, 5.41) is 10.7. The number of hydrogen-bond donors (Lipinski definition) is 1. The third kappa shape index (κ3) is 3.58. The summed E-state index contributed by atoms with van der Waals surface area (Å²) >= 11 is 0. The van der Waals surface area contributed by atoms with Crippen LogP contribution >= 0.6 is 0 Å². The van der Waals surface area contributed by atoms with Gasteiger partial charge in [0.05, 0.1) is 6.10 Å². The maximum Gasteiger partial charge on any atom is 0.123 e. The first kappa shape index (κ1) is 16.6. The summed E-state index contributed by atoms with van der Waals surface area (Å²) in [5.41, 5.74) is 3.65. The molecular weight excluding hydrogens is 310 g/mol. The monoisotopic (exact) mass is 337 g/mol. The number of aliphatic hydroxyl groups excluding tert-OH is 1. The lowest BCUT2D eigenvalue weighted by Crippen LogP contribution is -2.58. The van der Waals surface area contributed by atoms with Crippen LogP contribution < -0.4 is 4.74 Å². The highest BCUT2D eigenvalue weighted by molar-refractivity contribution is 5.35. The van der Waals surface area contributed by atoms with Gasteiger partial charge < -0.3 is 9.84 Å². The Kier molecular flexibility index (Phi) is 4.78. The fraction of sp³-hybridized carbons (Fsp3) is 0.455. The first-order valence-electron chi connectivity index (χ1n) is 9.39. The maximum absolute atomic E-state index is 10.7. The number of ether oxygens (including phenoxy) is 1. The minimum absolute atomic E-state index is 0.201. The summed E-state index contributed by atoms with van der Waals surface area (Å²) < 4.78 is 6.12. The van der Waals surface area contributed by atoms with Gasteiger partial charge in [0, 0.05) is 6.04 Å². The summed E-state index contributed by atoms with van der Waals surface area (Å²) in [7, 11) is 0. The highest BCUT2D eigenvalue weighted by atomic mass is 16.5. The lowest BCUT2D eigenvalue weighted by Gasteiger charge is -2.49. The molecule has 0 amide bonds. The third-order valence-corrected chi connectivity index (χ3v) is 5.84. The molecule has 3 aliphatic rings. The Labute approximate surface area is 150 Å². The number of nitrogens with zero attached hydrogens (tertiary/aromatic N) is 1. The molecule has 3 heterocycles. The van der Waals surface area contributed by atoms with Crippen LogP contribution in [-0.4, -0.2) is 35.2 Å². The lowest BCUT2D eigenvalue weighted by atomic mass is 9.78. The minimum Gasteiger partial charge on any atom is -0.489 e. The molecule has 2 aromatic carbocycles. The van der Waals surface area contributed by atoms with Crippen LogP contribution in [0.25, 0.3) is 0 Å². The quantitative estimate of drug-likeness (QED) is 0.905. The predicted octanol–water partition coefficient (Wildman–Crippen LogP) is 3.57. The van der Waals surface area contributed by atoms with E-state index in [1.165, 1.54) is 16.7 Å². The molecular formula is C22H27NO2. The number of para-hydroxylation sites is 1. The van der Waals surface area contributed by atoms with Gasteiger partial charge in [-0.05, 0) is 62.4 Å². The van der Waals surface area contributed by atoms with Crippen LogP contribution in [0.2, 0.25) is 0 Å². The SMILES string of the molecule is Cc1ccc(COc2ccccc2CC2C(O)C3CCN2CC3)cc1. The summed E-state index contributed by atoms with van der Waals surface area (Å²) in [6, 6.07) is 17.0. The van der Waals surface area contributed by atoms with Crippen molar-refractivity contribution in [3.63, 3.8) is 0 Å². The predicted molar refractivity (Wildman–Crippen MR) is 99.7 cm³/mol. The Bertz CT molecular complexity index is 702. The molecule has 1 N–H and O–H groups in total. The summed E-state index contributed by atoms with van der Waals surface area (Å²) in [4.78, 5) is 2.46. The van der Waals surface area contributed by atoms with Crippen molar-refractivity contribution in [1.29, 1.82) is 0 Å². The second-order valence-electron chi connectivity index (χ2n) is 7.52. The number of benzene rings is 2. The van der Waals surface area contributed by atoms with E-state index in [1.54, 1.807) is 0 Å². The van der Waals surface area contributed by atoms with E-state index in [0.717, 1.165) is 38.1 Å². The average Bonchev–Trinajstić information content (AvgIpc) is 2.65. The molecule has 2 atom stereocenters. The van der Waals surface area contributed by atoms with Crippen molar-refractivity contribution in [3.05, 3.63) is 65.2 Å². The molecule has 0 radical (unpaired) electrons. The Hall–Kier alpha value is -1.84. The number of hydrogen-bond acceptors (Lipinski definition) is 3. The summed E-state index contributed by atoms with van der Waals surface area (Å²) in [6.07, 6.45) is 2.95. The molecule has 3 saturated heterocycles. The van der Waals surface area contributed by atoms with E-state index in [-0.39, 0.29) is 12.1 Å². The number of aryl methyl sites for hydroxylation is 1. The van der Waals surface area contributed by atoms with E-state index >= 15 is 0 Å². The van der Waals surface area contributed by atoms with Crippen LogP contribution in [0, 0.1) is 12.8 Å². The normalized spacial score (nSPS) is 28.1. The molecule has 3 nitrogen and oxygen atoms in total. The van der Waals surface area contributed by atoms with Gasteiger partial charge in [0.15, 0.2) is 0 Å². The van der Waals surface area contributed by atoms with Crippen LogP contribution in [0.3, 0.4) is 0 Å². The van der Waals surface area contributed by atoms with Crippen LogP contribution in [-0.2, 0) is 13.0 Å². The zero-order valence-electron chi connectivity index (χ0n) is 14.9. The van der Waals surface area contributed by atoms with Gasteiger partial charge in [0.2, 0.25) is 0 Å². The van der Waals surface area contributed by atoms with E-state index in [2.05, 4.69) is 48.2 Å². The van der Waals surface area contributed by atoms with E-state index in [4.69, 9.17) is 4.74 Å². The average molecular weight is 337 g/mol. The highest BCUT2D eigenvalue weighted by Gasteiger charge is 2.41. The van der Waals surface area contributed by atoms with Crippen LogP contribution in [0.1, 0.15) is 29.5 Å². The molecule has 0 aromatic heterocycles. The molecule has 25 heavy (non-hydrogen) atoms. The van der Waals surface area contributed by atoms with E-state index in [1.807, 2.05) is 12.1 Å². The Morgan fingerprint density at radius 3 is 2.48 bits per heavy atom. The largest absolute Gasteiger partial charge is 0.489 e. The van der Waals surface area contributed by atoms with Crippen LogP contribution in [0.4, 0.5) is 0 Å². The van der Waals surface area contributed by atoms with Crippen molar-refractivity contribution in [2.75, 3.05) is 13.1 Å². The maximum atomic E-state index is 10.7. The van der Waals surface area contributed by atoms with Gasteiger partial charge in [-0.3, -0.25) is 4.90 Å². The zero-order chi connectivity index (χ0) is 17.2. The zero-order valence-corrected chi connectivity index (χ0v) is 14.9. The second kappa shape index (κ2) is 7.19. The first-order chi connectivity index (χ1) is 12.2. The number of aliphatic hydroxyl groups is 1. The molecule has 3 aliphatic heterocycles. The van der Waals surface area contributed by atoms with Crippen molar-refractivity contribution in [3.8, 4) is 5.75 Å². The number of piperidine rings is 3. The Morgan fingerprint density at radius 1 is 1.04 bits per heavy atom. The molecule has 0 saturated carbocycles. The number of rotatable bonds is 5. The molecule has 3 fully saturated rings. The Morgan fingerprint density at radius 2 is 1.76 bits per heavy atom. The fourth-order valence-electron chi connectivity index (χ4n) is 4.26. The molecule has 132 valence electrons. The fourth-order valence-corrected chi connectivity index (χ4v) is 4.26. The molecule has 2 bridgehead atoms. The molecule has 0 spiro atoms. The van der Waals surface area contributed by atoms with E-state index in [0.29, 0.717) is 12.5 Å². The second-order valence-corrected chi connectivity index (χ2v) is 7.52. The van der Waals surface area contributed by atoms with E-state index < -0.39 is 0 Å². The standard InChI is InChI=1S/C22H27NO2/c1-16-6-8-17(9-7-16)15-25-21-5-3-2-4-19(21)14-20-22(24)18-10-12-23(20)13-11-18/h2-9,18,20,22,24H,10-15H2,1H3. The third-order valence-electron chi connectivity index (χ3n) is 5.84. The van der Waals surface area contributed by atoms with Gasteiger partial charge in [0.1, 0.15) is 12.4 Å². The van der Waals surface area contributed by atoms with Gasteiger partial charge in [-0.25, -0.2) is 0 Å². The summed E-state index contributed by atoms with van der Waals surface area (Å²) in [5.74, 6) is 1.42. The van der Waals surface area contributed by atoms with E-state index in [9.17, 15) is 5.11 Å². The first-order valence-corrected chi connectivity index (χ1v) is 9.39.